The number of hydrogen-bond donors (Lipinski definition) is 1. The zero-order chi connectivity index (χ0) is 13.3. The van der Waals surface area contributed by atoms with Crippen LogP contribution in [0.5, 0.6) is 0 Å². The van der Waals surface area contributed by atoms with Gasteiger partial charge in [-0.05, 0) is 40.5 Å². The lowest BCUT2D eigenvalue weighted by Crippen LogP contribution is -2.14. The van der Waals surface area contributed by atoms with Crippen molar-refractivity contribution >= 4 is 31.8 Å². The summed E-state index contributed by atoms with van der Waals surface area (Å²) in [5.74, 6) is 0.296. The van der Waals surface area contributed by atoms with Crippen LogP contribution in [0.3, 0.4) is 0 Å². The molecule has 2 rings (SSSR count). The number of rotatable bonds is 3. The van der Waals surface area contributed by atoms with E-state index in [0.717, 1.165) is 5.56 Å². The summed E-state index contributed by atoms with van der Waals surface area (Å²) >= 11 is 3.26. The summed E-state index contributed by atoms with van der Waals surface area (Å²) in [6.45, 7) is 1.90. The zero-order valence-electron chi connectivity index (χ0n) is 9.88. The molecular weight excluding hydrogens is 318 g/mol. The first-order chi connectivity index (χ1) is 8.38. The molecular formula is C11H12BrN3O2S. The van der Waals surface area contributed by atoms with Crippen LogP contribution in [0.1, 0.15) is 5.56 Å². The average molecular weight is 330 g/mol. The van der Waals surface area contributed by atoms with Crippen molar-refractivity contribution in [3.63, 3.8) is 0 Å². The second-order valence-corrected chi connectivity index (χ2v) is 6.42. The maximum absolute atomic E-state index is 12.2. The fourth-order valence-electron chi connectivity index (χ4n) is 1.49. The van der Waals surface area contributed by atoms with E-state index < -0.39 is 10.0 Å². The van der Waals surface area contributed by atoms with Gasteiger partial charge in [-0.2, -0.15) is 5.10 Å². The van der Waals surface area contributed by atoms with Crippen molar-refractivity contribution in [2.45, 2.75) is 11.8 Å². The highest BCUT2D eigenvalue weighted by molar-refractivity contribution is 9.10. The molecule has 1 N–H and O–H groups in total. The largest absolute Gasteiger partial charge is 0.274 e. The molecule has 1 heterocycles. The Morgan fingerprint density at radius 2 is 2.06 bits per heavy atom. The molecule has 0 radical (unpaired) electrons. The topological polar surface area (TPSA) is 64.0 Å². The van der Waals surface area contributed by atoms with Gasteiger partial charge in [0.2, 0.25) is 0 Å². The van der Waals surface area contributed by atoms with E-state index in [-0.39, 0.29) is 4.90 Å². The van der Waals surface area contributed by atoms with E-state index in [0.29, 0.717) is 10.3 Å². The van der Waals surface area contributed by atoms with Crippen LogP contribution in [0, 0.1) is 6.92 Å². The number of sulfonamides is 1. The molecule has 0 aliphatic carbocycles. The quantitative estimate of drug-likeness (QED) is 0.939. The number of aromatic nitrogens is 2. The highest BCUT2D eigenvalue weighted by atomic mass is 79.9. The van der Waals surface area contributed by atoms with Crippen LogP contribution in [0.4, 0.5) is 5.82 Å². The molecule has 0 saturated heterocycles. The van der Waals surface area contributed by atoms with Crippen molar-refractivity contribution in [1.82, 2.24) is 9.78 Å². The normalized spacial score (nSPS) is 11.5. The molecule has 0 unspecified atom stereocenters. The van der Waals surface area contributed by atoms with E-state index in [1.807, 2.05) is 6.92 Å². The Labute approximate surface area is 114 Å². The number of aryl methyl sites for hydroxylation is 2. The van der Waals surface area contributed by atoms with Crippen molar-refractivity contribution in [3.05, 3.63) is 40.5 Å². The first-order valence-corrected chi connectivity index (χ1v) is 7.45. The van der Waals surface area contributed by atoms with Gasteiger partial charge in [0.25, 0.3) is 10.0 Å². The van der Waals surface area contributed by atoms with Gasteiger partial charge in [-0.1, -0.05) is 6.07 Å². The predicted molar refractivity (Wildman–Crippen MR) is 72.9 cm³/mol. The van der Waals surface area contributed by atoms with E-state index in [9.17, 15) is 8.42 Å². The standard InChI is InChI=1S/C11H12BrN3O2S/c1-8-3-4-10(9(12)7-8)18(16,17)14-11-5-6-15(2)13-11/h3-7H,1-2H3,(H,13,14). The highest BCUT2D eigenvalue weighted by Gasteiger charge is 2.18. The van der Waals surface area contributed by atoms with Gasteiger partial charge in [-0.3, -0.25) is 9.40 Å². The summed E-state index contributed by atoms with van der Waals surface area (Å²) in [5, 5.41) is 3.98. The van der Waals surface area contributed by atoms with Gasteiger partial charge in [-0.15, -0.1) is 0 Å². The van der Waals surface area contributed by atoms with Gasteiger partial charge in [0, 0.05) is 23.8 Å². The van der Waals surface area contributed by atoms with Crippen LogP contribution in [0.25, 0.3) is 0 Å². The van der Waals surface area contributed by atoms with Crippen LogP contribution >= 0.6 is 15.9 Å². The molecule has 2 aromatic rings. The Kier molecular flexibility index (Phi) is 3.45. The SMILES string of the molecule is Cc1ccc(S(=O)(=O)Nc2ccn(C)n2)c(Br)c1. The smallest absolute Gasteiger partial charge is 0.264 e. The summed E-state index contributed by atoms with van der Waals surface area (Å²) in [6.07, 6.45) is 1.67. The first kappa shape index (κ1) is 13.1. The van der Waals surface area contributed by atoms with Gasteiger partial charge in [0.15, 0.2) is 5.82 Å². The maximum atomic E-state index is 12.2. The summed E-state index contributed by atoms with van der Waals surface area (Å²) in [5.41, 5.74) is 0.985. The summed E-state index contributed by atoms with van der Waals surface area (Å²) in [7, 11) is -1.90. The molecule has 0 fully saturated rings. The van der Waals surface area contributed by atoms with Crippen molar-refractivity contribution in [3.8, 4) is 0 Å². The molecule has 0 amide bonds. The highest BCUT2D eigenvalue weighted by Crippen LogP contribution is 2.24. The Bertz CT molecular complexity index is 679. The molecule has 18 heavy (non-hydrogen) atoms. The minimum Gasteiger partial charge on any atom is -0.274 e. The van der Waals surface area contributed by atoms with Gasteiger partial charge in [0.1, 0.15) is 4.90 Å². The minimum atomic E-state index is -3.62. The Morgan fingerprint density at radius 1 is 1.33 bits per heavy atom. The molecule has 0 bridgehead atoms. The van der Waals surface area contributed by atoms with E-state index in [4.69, 9.17) is 0 Å². The summed E-state index contributed by atoms with van der Waals surface area (Å²) in [4.78, 5) is 0.193. The lowest BCUT2D eigenvalue weighted by atomic mass is 10.2. The van der Waals surface area contributed by atoms with E-state index >= 15 is 0 Å². The maximum Gasteiger partial charge on any atom is 0.264 e. The van der Waals surface area contributed by atoms with E-state index in [2.05, 4.69) is 25.8 Å². The molecule has 96 valence electrons. The van der Waals surface area contributed by atoms with Crippen LogP contribution in [0.15, 0.2) is 39.8 Å². The van der Waals surface area contributed by atoms with Crippen molar-refractivity contribution in [2.24, 2.45) is 7.05 Å². The molecule has 0 atom stereocenters. The molecule has 0 aliphatic heterocycles. The monoisotopic (exact) mass is 329 g/mol. The van der Waals surface area contributed by atoms with Crippen molar-refractivity contribution < 1.29 is 8.42 Å². The van der Waals surface area contributed by atoms with Gasteiger partial charge in [0.05, 0.1) is 0 Å². The zero-order valence-corrected chi connectivity index (χ0v) is 12.3. The Balaban J connectivity index is 2.36. The molecule has 7 heteroatoms. The molecule has 0 spiro atoms. The second-order valence-electron chi connectivity index (χ2n) is 3.91. The molecule has 5 nitrogen and oxygen atoms in total. The number of halogens is 1. The number of hydrogen-bond acceptors (Lipinski definition) is 3. The molecule has 0 aliphatic rings. The molecule has 1 aromatic carbocycles. The van der Waals surface area contributed by atoms with Gasteiger partial charge >= 0.3 is 0 Å². The number of nitrogens with one attached hydrogen (secondary N) is 1. The number of nitrogens with zero attached hydrogens (tertiary/aromatic N) is 2. The van der Waals surface area contributed by atoms with E-state index in [1.54, 1.807) is 37.5 Å². The number of benzene rings is 1. The average Bonchev–Trinajstić information content (AvgIpc) is 2.62. The van der Waals surface area contributed by atoms with Crippen LogP contribution in [0.2, 0.25) is 0 Å². The van der Waals surface area contributed by atoms with Gasteiger partial charge in [-0.25, -0.2) is 8.42 Å². The second kappa shape index (κ2) is 4.74. The van der Waals surface area contributed by atoms with Crippen molar-refractivity contribution in [2.75, 3.05) is 4.72 Å². The minimum absolute atomic E-state index is 0.193. The molecule has 1 aromatic heterocycles. The van der Waals surface area contributed by atoms with E-state index in [1.165, 1.54) is 4.68 Å². The fourth-order valence-corrected chi connectivity index (χ4v) is 3.68. The molecule has 0 saturated carbocycles. The van der Waals surface area contributed by atoms with Crippen LogP contribution in [-0.4, -0.2) is 18.2 Å². The summed E-state index contributed by atoms with van der Waals surface area (Å²) in [6, 6.07) is 6.66. The lowest BCUT2D eigenvalue weighted by Gasteiger charge is -2.08. The fraction of sp³-hybridized carbons (Fsp3) is 0.182. The Hall–Kier alpha value is -1.34. The van der Waals surface area contributed by atoms with Crippen molar-refractivity contribution in [1.29, 1.82) is 0 Å². The third-order valence-corrected chi connectivity index (χ3v) is 4.66. The third kappa shape index (κ3) is 2.73. The first-order valence-electron chi connectivity index (χ1n) is 5.17. The van der Waals surface area contributed by atoms with Crippen LogP contribution in [-0.2, 0) is 17.1 Å². The summed E-state index contributed by atoms with van der Waals surface area (Å²) < 4.78 is 28.8. The number of anilines is 1. The van der Waals surface area contributed by atoms with Crippen LogP contribution < -0.4 is 4.72 Å². The lowest BCUT2D eigenvalue weighted by molar-refractivity contribution is 0.600. The predicted octanol–water partition coefficient (Wildman–Crippen LogP) is 2.29. The third-order valence-electron chi connectivity index (χ3n) is 2.33. The Morgan fingerprint density at radius 3 is 2.61 bits per heavy atom. The van der Waals surface area contributed by atoms with Gasteiger partial charge < -0.3 is 0 Å².